The number of nitro groups is 1. The number of nitrogens with zero attached hydrogens (tertiary/aromatic N) is 3. The van der Waals surface area contributed by atoms with Crippen LogP contribution in [0.3, 0.4) is 0 Å². The SMILES string of the molecule is O=[N+]([O-])c1c(Nc2ccc(Br)cc2)ncnc1Nc1ccccc1F. The number of benzene rings is 2. The molecule has 0 radical (unpaired) electrons. The average Bonchev–Trinajstić information content (AvgIpc) is 2.59. The minimum Gasteiger partial charge on any atom is -0.334 e. The third kappa shape index (κ3) is 3.89. The molecule has 0 spiro atoms. The summed E-state index contributed by atoms with van der Waals surface area (Å²) in [5.74, 6) is -0.649. The van der Waals surface area contributed by atoms with Gasteiger partial charge in [0.2, 0.25) is 11.6 Å². The predicted octanol–water partition coefficient (Wildman–Crippen LogP) is 4.77. The summed E-state index contributed by atoms with van der Waals surface area (Å²) in [6.07, 6.45) is 1.16. The van der Waals surface area contributed by atoms with E-state index in [1.54, 1.807) is 30.3 Å². The van der Waals surface area contributed by atoms with Gasteiger partial charge in [-0.3, -0.25) is 10.1 Å². The standard InChI is InChI=1S/C16H11BrFN5O2/c17-10-5-7-11(8-6-10)21-15-14(23(24)25)16(20-9-19-15)22-13-4-2-1-3-12(13)18/h1-9H,(H2,19,20,21,22). The van der Waals surface area contributed by atoms with Gasteiger partial charge in [-0.1, -0.05) is 28.1 Å². The van der Waals surface area contributed by atoms with Crippen LogP contribution in [0.25, 0.3) is 0 Å². The number of rotatable bonds is 5. The van der Waals surface area contributed by atoms with E-state index in [4.69, 9.17) is 0 Å². The molecular formula is C16H11BrFN5O2. The normalized spacial score (nSPS) is 10.3. The van der Waals surface area contributed by atoms with Crippen LogP contribution in [-0.2, 0) is 0 Å². The number of nitrogens with one attached hydrogen (secondary N) is 2. The van der Waals surface area contributed by atoms with Crippen molar-refractivity contribution >= 4 is 44.6 Å². The Morgan fingerprint density at radius 1 is 1.00 bits per heavy atom. The summed E-state index contributed by atoms with van der Waals surface area (Å²) in [5.41, 5.74) is 0.314. The Bertz CT molecular complexity index is 921. The van der Waals surface area contributed by atoms with Crippen molar-refractivity contribution in [3.63, 3.8) is 0 Å². The fourth-order valence-electron chi connectivity index (χ4n) is 2.09. The molecule has 0 saturated carbocycles. The van der Waals surface area contributed by atoms with Crippen molar-refractivity contribution in [2.45, 2.75) is 0 Å². The van der Waals surface area contributed by atoms with Crippen molar-refractivity contribution in [2.75, 3.05) is 10.6 Å². The van der Waals surface area contributed by atoms with Crippen LogP contribution in [0.1, 0.15) is 0 Å². The van der Waals surface area contributed by atoms with E-state index in [-0.39, 0.29) is 23.0 Å². The van der Waals surface area contributed by atoms with Crippen molar-refractivity contribution in [1.82, 2.24) is 9.97 Å². The molecule has 1 heterocycles. The Kier molecular flexibility index (Phi) is 4.85. The van der Waals surface area contributed by atoms with E-state index in [1.165, 1.54) is 18.2 Å². The second kappa shape index (κ2) is 7.22. The fourth-order valence-corrected chi connectivity index (χ4v) is 2.36. The second-order valence-corrected chi connectivity index (χ2v) is 5.83. The van der Waals surface area contributed by atoms with Crippen molar-refractivity contribution in [3.8, 4) is 0 Å². The van der Waals surface area contributed by atoms with Gasteiger partial charge in [0.1, 0.15) is 12.1 Å². The van der Waals surface area contributed by atoms with E-state index in [1.807, 2.05) is 0 Å². The molecule has 0 fully saturated rings. The summed E-state index contributed by atoms with van der Waals surface area (Å²) in [5, 5.41) is 17.0. The van der Waals surface area contributed by atoms with Gasteiger partial charge in [-0.05, 0) is 36.4 Å². The Morgan fingerprint density at radius 2 is 1.64 bits per heavy atom. The first-order valence-electron chi connectivity index (χ1n) is 7.08. The number of aromatic nitrogens is 2. The second-order valence-electron chi connectivity index (χ2n) is 4.91. The quantitative estimate of drug-likeness (QED) is 0.470. The summed E-state index contributed by atoms with van der Waals surface area (Å²) >= 11 is 3.32. The van der Waals surface area contributed by atoms with Crippen LogP contribution < -0.4 is 10.6 Å². The Hall–Kier alpha value is -3.07. The summed E-state index contributed by atoms with van der Waals surface area (Å²) in [4.78, 5) is 18.7. The summed E-state index contributed by atoms with van der Waals surface area (Å²) < 4.78 is 14.7. The van der Waals surface area contributed by atoms with Crippen LogP contribution in [-0.4, -0.2) is 14.9 Å². The number of halogens is 2. The lowest BCUT2D eigenvalue weighted by molar-refractivity contribution is -0.383. The molecule has 0 aliphatic carbocycles. The number of hydrogen-bond donors (Lipinski definition) is 2. The lowest BCUT2D eigenvalue weighted by Gasteiger charge is -2.10. The van der Waals surface area contributed by atoms with Crippen molar-refractivity contribution < 1.29 is 9.31 Å². The number of hydrogen-bond acceptors (Lipinski definition) is 6. The third-order valence-electron chi connectivity index (χ3n) is 3.24. The fraction of sp³-hybridized carbons (Fsp3) is 0. The van der Waals surface area contributed by atoms with Gasteiger partial charge in [-0.15, -0.1) is 0 Å². The Morgan fingerprint density at radius 3 is 2.28 bits per heavy atom. The maximum atomic E-state index is 13.8. The zero-order valence-corrected chi connectivity index (χ0v) is 14.2. The molecule has 0 amide bonds. The van der Waals surface area contributed by atoms with Gasteiger partial charge in [0.25, 0.3) is 0 Å². The molecule has 3 rings (SSSR count). The van der Waals surface area contributed by atoms with Gasteiger partial charge in [0, 0.05) is 10.2 Å². The first-order chi connectivity index (χ1) is 12.0. The van der Waals surface area contributed by atoms with Gasteiger partial charge in [-0.2, -0.15) is 0 Å². The van der Waals surface area contributed by atoms with E-state index < -0.39 is 10.7 Å². The van der Waals surface area contributed by atoms with E-state index in [0.29, 0.717) is 5.69 Å². The highest BCUT2D eigenvalue weighted by Crippen LogP contribution is 2.33. The average molecular weight is 404 g/mol. The maximum absolute atomic E-state index is 13.8. The molecule has 25 heavy (non-hydrogen) atoms. The highest BCUT2D eigenvalue weighted by atomic mass is 79.9. The van der Waals surface area contributed by atoms with Crippen molar-refractivity contribution in [3.05, 3.63) is 75.3 Å². The molecule has 0 atom stereocenters. The minimum absolute atomic E-state index is 0.00108. The molecule has 2 N–H and O–H groups in total. The lowest BCUT2D eigenvalue weighted by atomic mass is 10.3. The Labute approximate surface area is 150 Å². The molecule has 2 aromatic carbocycles. The Balaban J connectivity index is 1.98. The van der Waals surface area contributed by atoms with Crippen LogP contribution >= 0.6 is 15.9 Å². The summed E-state index contributed by atoms with van der Waals surface area (Å²) in [7, 11) is 0. The van der Waals surface area contributed by atoms with E-state index in [0.717, 1.165) is 10.8 Å². The zero-order valence-electron chi connectivity index (χ0n) is 12.6. The van der Waals surface area contributed by atoms with Crippen LogP contribution in [0.15, 0.2) is 59.3 Å². The van der Waals surface area contributed by atoms with E-state index in [2.05, 4.69) is 36.5 Å². The topological polar surface area (TPSA) is 93.0 Å². The monoisotopic (exact) mass is 403 g/mol. The third-order valence-corrected chi connectivity index (χ3v) is 3.77. The van der Waals surface area contributed by atoms with Crippen LogP contribution in [0.4, 0.5) is 33.1 Å². The highest BCUT2D eigenvalue weighted by molar-refractivity contribution is 9.10. The molecule has 7 nitrogen and oxygen atoms in total. The molecule has 0 saturated heterocycles. The predicted molar refractivity (Wildman–Crippen MR) is 95.8 cm³/mol. The smallest absolute Gasteiger partial charge is 0.334 e. The minimum atomic E-state index is -0.621. The van der Waals surface area contributed by atoms with Crippen molar-refractivity contribution in [2.24, 2.45) is 0 Å². The highest BCUT2D eigenvalue weighted by Gasteiger charge is 2.24. The van der Waals surface area contributed by atoms with Crippen LogP contribution in [0.2, 0.25) is 0 Å². The van der Waals surface area contributed by atoms with Gasteiger partial charge in [0.15, 0.2) is 0 Å². The van der Waals surface area contributed by atoms with Crippen LogP contribution in [0.5, 0.6) is 0 Å². The van der Waals surface area contributed by atoms with Gasteiger partial charge >= 0.3 is 5.69 Å². The first-order valence-corrected chi connectivity index (χ1v) is 7.87. The molecule has 126 valence electrons. The number of anilines is 4. The summed E-state index contributed by atoms with van der Waals surface area (Å²) in [6, 6.07) is 12.9. The summed E-state index contributed by atoms with van der Waals surface area (Å²) in [6.45, 7) is 0. The van der Waals surface area contributed by atoms with Gasteiger partial charge in [0.05, 0.1) is 10.6 Å². The van der Waals surface area contributed by atoms with Crippen molar-refractivity contribution in [1.29, 1.82) is 0 Å². The number of para-hydroxylation sites is 1. The molecule has 0 aliphatic heterocycles. The molecule has 9 heteroatoms. The molecule has 0 unspecified atom stereocenters. The molecular weight excluding hydrogens is 393 g/mol. The molecule has 0 aliphatic rings. The molecule has 1 aromatic heterocycles. The largest absolute Gasteiger partial charge is 0.353 e. The van der Waals surface area contributed by atoms with Gasteiger partial charge in [-0.25, -0.2) is 14.4 Å². The molecule has 0 bridgehead atoms. The van der Waals surface area contributed by atoms with E-state index >= 15 is 0 Å². The van der Waals surface area contributed by atoms with Gasteiger partial charge < -0.3 is 10.6 Å². The maximum Gasteiger partial charge on any atom is 0.353 e. The van der Waals surface area contributed by atoms with Crippen LogP contribution in [0, 0.1) is 15.9 Å². The van der Waals surface area contributed by atoms with E-state index in [9.17, 15) is 14.5 Å². The molecule has 3 aromatic rings. The zero-order chi connectivity index (χ0) is 17.8. The first kappa shape index (κ1) is 16.8. The lowest BCUT2D eigenvalue weighted by Crippen LogP contribution is -2.06.